The second kappa shape index (κ2) is 9.13. The maximum Gasteiger partial charge on any atom is 0.227 e. The molecule has 0 bridgehead atoms. The minimum absolute atomic E-state index is 0.106. The highest BCUT2D eigenvalue weighted by Crippen LogP contribution is 2.27. The van der Waals surface area contributed by atoms with Gasteiger partial charge in [-0.1, -0.05) is 49.3 Å². The zero-order valence-electron chi connectivity index (χ0n) is 19.0. The Labute approximate surface area is 192 Å². The Kier molecular flexibility index (Phi) is 5.90. The standard InChI is InChI=1S/C25H28N6O2/c1-17(2)18-8-10-19(11-9-18)24-26-22(33-29-24)12-13-23(32)30-14-5-6-20(16-30)25-28-27-21-7-3-4-15-31(21)25/h3-4,7-11,15,17,20H,5-6,12-14,16H2,1-2H3. The van der Waals surface area contributed by atoms with Crippen LogP contribution in [-0.2, 0) is 11.2 Å². The number of carbonyl (C=O) groups excluding carboxylic acids is 1. The van der Waals surface area contributed by atoms with E-state index in [-0.39, 0.29) is 11.8 Å². The summed E-state index contributed by atoms with van der Waals surface area (Å²) in [6, 6.07) is 14.1. The summed E-state index contributed by atoms with van der Waals surface area (Å²) in [5.41, 5.74) is 3.02. The van der Waals surface area contributed by atoms with E-state index in [1.165, 1.54) is 5.56 Å². The van der Waals surface area contributed by atoms with Crippen molar-refractivity contribution in [2.75, 3.05) is 13.1 Å². The fourth-order valence-electron chi connectivity index (χ4n) is 4.42. The van der Waals surface area contributed by atoms with Gasteiger partial charge in [-0.3, -0.25) is 9.20 Å². The van der Waals surface area contributed by atoms with Crippen molar-refractivity contribution in [3.05, 3.63) is 65.9 Å². The first kappa shape index (κ1) is 21.3. The van der Waals surface area contributed by atoms with Crippen molar-refractivity contribution in [2.24, 2.45) is 0 Å². The average Bonchev–Trinajstić information content (AvgIpc) is 3.50. The number of piperidine rings is 1. The number of likely N-dealkylation sites (tertiary alicyclic amines) is 1. The van der Waals surface area contributed by atoms with Crippen LogP contribution in [0.2, 0.25) is 0 Å². The Bertz CT molecular complexity index is 1240. The Morgan fingerprint density at radius 3 is 2.82 bits per heavy atom. The molecule has 8 nitrogen and oxygen atoms in total. The Hall–Kier alpha value is -3.55. The molecule has 4 heterocycles. The number of nitrogens with zero attached hydrogens (tertiary/aromatic N) is 6. The molecule has 0 N–H and O–H groups in total. The van der Waals surface area contributed by atoms with Crippen LogP contribution in [0.3, 0.4) is 0 Å². The normalized spacial score (nSPS) is 16.6. The molecule has 1 saturated heterocycles. The molecule has 0 spiro atoms. The molecule has 1 unspecified atom stereocenters. The number of hydrogen-bond donors (Lipinski definition) is 0. The summed E-state index contributed by atoms with van der Waals surface area (Å²) < 4.78 is 7.43. The SMILES string of the molecule is CC(C)c1ccc(-c2noc(CCC(=O)N3CCCC(c4nnc5ccccn45)C3)n2)cc1. The lowest BCUT2D eigenvalue weighted by Gasteiger charge is -2.32. The van der Waals surface area contributed by atoms with Gasteiger partial charge in [0.05, 0.1) is 0 Å². The first-order valence-electron chi connectivity index (χ1n) is 11.6. The fourth-order valence-corrected chi connectivity index (χ4v) is 4.42. The van der Waals surface area contributed by atoms with Gasteiger partial charge in [0.1, 0.15) is 5.82 Å². The lowest BCUT2D eigenvalue weighted by Crippen LogP contribution is -2.39. The molecule has 1 aromatic carbocycles. The van der Waals surface area contributed by atoms with Gasteiger partial charge in [-0.25, -0.2) is 0 Å². The number of aryl methyl sites for hydroxylation is 1. The van der Waals surface area contributed by atoms with E-state index in [0.717, 1.165) is 36.4 Å². The molecule has 170 valence electrons. The van der Waals surface area contributed by atoms with E-state index in [0.29, 0.717) is 37.0 Å². The third-order valence-electron chi connectivity index (χ3n) is 6.34. The third-order valence-corrected chi connectivity index (χ3v) is 6.34. The molecule has 1 amide bonds. The van der Waals surface area contributed by atoms with Crippen LogP contribution >= 0.6 is 0 Å². The number of hydrogen-bond acceptors (Lipinski definition) is 6. The van der Waals surface area contributed by atoms with Gasteiger partial charge in [0, 0.05) is 43.6 Å². The average molecular weight is 445 g/mol. The van der Waals surface area contributed by atoms with Crippen LogP contribution in [0.5, 0.6) is 0 Å². The summed E-state index contributed by atoms with van der Waals surface area (Å²) in [6.07, 6.45) is 4.72. The van der Waals surface area contributed by atoms with Crippen LogP contribution in [0.25, 0.3) is 17.0 Å². The van der Waals surface area contributed by atoms with Gasteiger partial charge in [0.2, 0.25) is 17.6 Å². The summed E-state index contributed by atoms with van der Waals surface area (Å²) >= 11 is 0. The third kappa shape index (κ3) is 4.51. The number of amides is 1. The van der Waals surface area contributed by atoms with Gasteiger partial charge < -0.3 is 9.42 Å². The Balaban J connectivity index is 1.20. The lowest BCUT2D eigenvalue weighted by molar-refractivity contribution is -0.132. The van der Waals surface area contributed by atoms with Crippen molar-refractivity contribution in [1.29, 1.82) is 0 Å². The molecule has 1 fully saturated rings. The predicted molar refractivity (Wildman–Crippen MR) is 124 cm³/mol. The van der Waals surface area contributed by atoms with Gasteiger partial charge in [-0.05, 0) is 36.5 Å². The van der Waals surface area contributed by atoms with Gasteiger partial charge in [0.15, 0.2) is 5.65 Å². The van der Waals surface area contributed by atoms with E-state index in [1.54, 1.807) is 0 Å². The number of benzene rings is 1. The maximum atomic E-state index is 12.9. The summed E-state index contributed by atoms with van der Waals surface area (Å²) in [7, 11) is 0. The largest absolute Gasteiger partial charge is 0.342 e. The maximum absolute atomic E-state index is 12.9. The zero-order valence-corrected chi connectivity index (χ0v) is 19.0. The lowest BCUT2D eigenvalue weighted by atomic mass is 9.97. The molecule has 0 saturated carbocycles. The molecule has 3 aromatic heterocycles. The number of carbonyl (C=O) groups is 1. The zero-order chi connectivity index (χ0) is 22.8. The first-order valence-corrected chi connectivity index (χ1v) is 11.6. The van der Waals surface area contributed by atoms with Crippen molar-refractivity contribution in [3.8, 4) is 11.4 Å². The van der Waals surface area contributed by atoms with Crippen molar-refractivity contribution >= 4 is 11.6 Å². The molecule has 0 aliphatic carbocycles. The summed E-state index contributed by atoms with van der Waals surface area (Å²) in [4.78, 5) is 19.3. The summed E-state index contributed by atoms with van der Waals surface area (Å²) in [5, 5.41) is 12.8. The van der Waals surface area contributed by atoms with Crippen molar-refractivity contribution in [1.82, 2.24) is 29.6 Å². The van der Waals surface area contributed by atoms with Crippen molar-refractivity contribution < 1.29 is 9.32 Å². The van der Waals surface area contributed by atoms with E-state index in [2.05, 4.69) is 46.3 Å². The molecule has 5 rings (SSSR count). The quantitative estimate of drug-likeness (QED) is 0.442. The Morgan fingerprint density at radius 2 is 2.00 bits per heavy atom. The predicted octanol–water partition coefficient (Wildman–Crippen LogP) is 4.24. The number of pyridine rings is 1. The molecule has 4 aromatic rings. The first-order chi connectivity index (χ1) is 16.1. The second-order valence-electron chi connectivity index (χ2n) is 8.95. The number of aromatic nitrogens is 5. The van der Waals surface area contributed by atoms with Crippen LogP contribution in [0.4, 0.5) is 0 Å². The molecule has 1 atom stereocenters. The van der Waals surface area contributed by atoms with Crippen LogP contribution in [-0.4, -0.2) is 48.6 Å². The van der Waals surface area contributed by atoms with E-state index in [4.69, 9.17) is 4.52 Å². The van der Waals surface area contributed by atoms with E-state index < -0.39 is 0 Å². The molecule has 8 heteroatoms. The smallest absolute Gasteiger partial charge is 0.227 e. The molecular weight excluding hydrogens is 416 g/mol. The highest BCUT2D eigenvalue weighted by atomic mass is 16.5. The molecule has 0 radical (unpaired) electrons. The van der Waals surface area contributed by atoms with E-state index in [1.807, 2.05) is 45.8 Å². The van der Waals surface area contributed by atoms with Crippen LogP contribution in [0.15, 0.2) is 53.2 Å². The topological polar surface area (TPSA) is 89.4 Å². The van der Waals surface area contributed by atoms with Crippen LogP contribution in [0, 0.1) is 0 Å². The van der Waals surface area contributed by atoms with Gasteiger partial charge in [-0.15, -0.1) is 10.2 Å². The van der Waals surface area contributed by atoms with Gasteiger partial charge >= 0.3 is 0 Å². The minimum Gasteiger partial charge on any atom is -0.342 e. The summed E-state index contributed by atoms with van der Waals surface area (Å²) in [6.45, 7) is 5.75. The number of fused-ring (bicyclic) bond motifs is 1. The van der Waals surface area contributed by atoms with Crippen LogP contribution < -0.4 is 0 Å². The van der Waals surface area contributed by atoms with Crippen LogP contribution in [0.1, 0.15) is 62.2 Å². The highest BCUT2D eigenvalue weighted by molar-refractivity contribution is 5.76. The van der Waals surface area contributed by atoms with Crippen molar-refractivity contribution in [2.45, 2.75) is 51.4 Å². The van der Waals surface area contributed by atoms with E-state index >= 15 is 0 Å². The second-order valence-corrected chi connectivity index (χ2v) is 8.95. The molecule has 33 heavy (non-hydrogen) atoms. The van der Waals surface area contributed by atoms with Gasteiger partial charge in [0.25, 0.3) is 0 Å². The fraction of sp³-hybridized carbons (Fsp3) is 0.400. The number of rotatable bonds is 6. The monoisotopic (exact) mass is 444 g/mol. The highest BCUT2D eigenvalue weighted by Gasteiger charge is 2.28. The Morgan fingerprint density at radius 1 is 1.15 bits per heavy atom. The van der Waals surface area contributed by atoms with Gasteiger partial charge in [-0.2, -0.15) is 4.98 Å². The van der Waals surface area contributed by atoms with E-state index in [9.17, 15) is 4.79 Å². The molecule has 1 aliphatic heterocycles. The minimum atomic E-state index is 0.106. The summed E-state index contributed by atoms with van der Waals surface area (Å²) in [5.74, 6) is 2.74. The molecule has 1 aliphatic rings. The molecular formula is C25H28N6O2. The van der Waals surface area contributed by atoms with Crippen molar-refractivity contribution in [3.63, 3.8) is 0 Å².